The van der Waals surface area contributed by atoms with Crippen molar-refractivity contribution in [2.24, 2.45) is 11.8 Å². The maximum atomic E-state index is 3.84. The van der Waals surface area contributed by atoms with E-state index >= 15 is 0 Å². The Hall–Kier alpha value is -0.340. The van der Waals surface area contributed by atoms with Crippen molar-refractivity contribution in [3.05, 3.63) is 34.3 Å². The van der Waals surface area contributed by atoms with Gasteiger partial charge in [0.05, 0.1) is 0 Å². The lowest BCUT2D eigenvalue weighted by molar-refractivity contribution is 0.326. The molecule has 0 spiro atoms. The van der Waals surface area contributed by atoms with Crippen molar-refractivity contribution >= 4 is 15.9 Å². The highest BCUT2D eigenvalue weighted by molar-refractivity contribution is 9.10. The van der Waals surface area contributed by atoms with Crippen LogP contribution >= 0.6 is 15.9 Å². The molecule has 0 aromatic heterocycles. The van der Waals surface area contributed by atoms with E-state index < -0.39 is 0 Å². The van der Waals surface area contributed by atoms with Gasteiger partial charge >= 0.3 is 0 Å². The molecule has 2 aliphatic carbocycles. The second-order valence-corrected chi connectivity index (χ2v) is 6.55. The van der Waals surface area contributed by atoms with Crippen molar-refractivity contribution in [3.8, 4) is 0 Å². The van der Waals surface area contributed by atoms with Crippen molar-refractivity contribution in [2.45, 2.75) is 44.7 Å². The summed E-state index contributed by atoms with van der Waals surface area (Å²) in [4.78, 5) is 0. The van der Waals surface area contributed by atoms with E-state index in [-0.39, 0.29) is 0 Å². The van der Waals surface area contributed by atoms with Gasteiger partial charge in [0.2, 0.25) is 0 Å². The zero-order valence-electron chi connectivity index (χ0n) is 10.3. The minimum Gasteiger partial charge on any atom is -0.307 e. The second-order valence-electron chi connectivity index (χ2n) is 5.69. The van der Waals surface area contributed by atoms with Crippen molar-refractivity contribution in [1.29, 1.82) is 0 Å². The summed E-state index contributed by atoms with van der Waals surface area (Å²) in [6.07, 6.45) is 5.80. The first kappa shape index (κ1) is 11.7. The van der Waals surface area contributed by atoms with E-state index in [4.69, 9.17) is 0 Å². The average Bonchev–Trinajstić information content (AvgIpc) is 2.91. The molecule has 1 aromatic carbocycles. The van der Waals surface area contributed by atoms with Crippen molar-refractivity contribution in [3.63, 3.8) is 0 Å². The third kappa shape index (κ3) is 2.30. The topological polar surface area (TPSA) is 12.0 Å². The molecule has 1 nitrogen and oxygen atoms in total. The number of hydrogen-bond acceptors (Lipinski definition) is 1. The third-order valence-electron chi connectivity index (χ3n) is 4.57. The predicted octanol–water partition coefficient (Wildman–Crippen LogP) is 4.29. The fraction of sp³-hybridized carbons (Fsp3) is 0.600. The Bertz CT molecular complexity index is 404. The highest BCUT2D eigenvalue weighted by Gasteiger charge is 2.39. The molecule has 1 N–H and O–H groups in total. The number of benzene rings is 1. The zero-order chi connectivity index (χ0) is 11.8. The predicted molar refractivity (Wildman–Crippen MR) is 74.9 cm³/mol. The molecule has 3 unspecified atom stereocenters. The van der Waals surface area contributed by atoms with Crippen molar-refractivity contribution < 1.29 is 0 Å². The van der Waals surface area contributed by atoms with Crippen molar-refractivity contribution in [1.82, 2.24) is 5.32 Å². The molecule has 17 heavy (non-hydrogen) atoms. The molecular weight excluding hydrogens is 274 g/mol. The molecule has 2 aliphatic rings. The van der Waals surface area contributed by atoms with Gasteiger partial charge in [0, 0.05) is 16.6 Å². The Morgan fingerprint density at radius 3 is 2.71 bits per heavy atom. The van der Waals surface area contributed by atoms with Crippen LogP contribution in [0.3, 0.4) is 0 Å². The van der Waals surface area contributed by atoms with Crippen LogP contribution < -0.4 is 5.32 Å². The zero-order valence-corrected chi connectivity index (χ0v) is 11.9. The average molecular weight is 294 g/mol. The fourth-order valence-corrected chi connectivity index (χ4v) is 4.31. The molecule has 0 radical (unpaired) electrons. The molecule has 92 valence electrons. The first-order chi connectivity index (χ1) is 8.24. The minimum atomic E-state index is 0.454. The molecular formula is C15H20BrN. The van der Waals surface area contributed by atoms with E-state index in [1.807, 2.05) is 0 Å². The van der Waals surface area contributed by atoms with Crippen LogP contribution in [-0.2, 0) is 0 Å². The Morgan fingerprint density at radius 1 is 1.24 bits per heavy atom. The second kappa shape index (κ2) is 4.74. The monoisotopic (exact) mass is 293 g/mol. The molecule has 4 atom stereocenters. The first-order valence-corrected chi connectivity index (χ1v) is 7.54. The maximum absolute atomic E-state index is 3.84. The molecule has 0 amide bonds. The molecule has 2 saturated carbocycles. The summed E-state index contributed by atoms with van der Waals surface area (Å²) in [6.45, 7) is 2.28. The van der Waals surface area contributed by atoms with Gasteiger partial charge in [-0.2, -0.15) is 0 Å². The lowest BCUT2D eigenvalue weighted by Crippen LogP contribution is -2.35. The molecule has 2 bridgehead atoms. The number of hydrogen-bond donors (Lipinski definition) is 1. The summed E-state index contributed by atoms with van der Waals surface area (Å²) in [5.41, 5.74) is 1.38. The van der Waals surface area contributed by atoms with Crippen LogP contribution in [0.2, 0.25) is 0 Å². The van der Waals surface area contributed by atoms with Crippen LogP contribution in [-0.4, -0.2) is 6.04 Å². The molecule has 0 heterocycles. The quantitative estimate of drug-likeness (QED) is 0.877. The van der Waals surface area contributed by atoms with Crippen LogP contribution in [0.25, 0.3) is 0 Å². The summed E-state index contributed by atoms with van der Waals surface area (Å²) >= 11 is 3.65. The lowest BCUT2D eigenvalue weighted by atomic mass is 9.94. The third-order valence-corrected chi connectivity index (χ3v) is 5.30. The van der Waals surface area contributed by atoms with Crippen LogP contribution in [0.5, 0.6) is 0 Å². The largest absolute Gasteiger partial charge is 0.307 e. The van der Waals surface area contributed by atoms with E-state index in [1.54, 1.807) is 0 Å². The van der Waals surface area contributed by atoms with E-state index in [2.05, 4.69) is 52.4 Å². The Kier molecular flexibility index (Phi) is 3.27. The molecule has 3 rings (SSSR count). The van der Waals surface area contributed by atoms with Crippen molar-refractivity contribution in [2.75, 3.05) is 0 Å². The minimum absolute atomic E-state index is 0.454. The van der Waals surface area contributed by atoms with Crippen LogP contribution in [0, 0.1) is 11.8 Å². The van der Waals surface area contributed by atoms with E-state index in [0.717, 1.165) is 17.9 Å². The standard InChI is InChI=1S/C15H20BrN/c1-10(13-4-2-3-5-14(13)16)17-15-9-11-6-7-12(15)8-11/h2-5,10-12,15,17H,6-9H2,1H3/t10-,11?,12?,15?/m0/s1. The Balaban J connectivity index is 1.68. The van der Waals surface area contributed by atoms with E-state index in [0.29, 0.717) is 6.04 Å². The van der Waals surface area contributed by atoms with Gasteiger partial charge in [-0.1, -0.05) is 40.5 Å². The molecule has 2 heteroatoms. The summed E-state index contributed by atoms with van der Waals surface area (Å²) in [7, 11) is 0. The van der Waals surface area contributed by atoms with Crippen LogP contribution in [0.4, 0.5) is 0 Å². The molecule has 1 aromatic rings. The molecule has 0 saturated heterocycles. The van der Waals surface area contributed by atoms with Gasteiger partial charge in [-0.3, -0.25) is 0 Å². The van der Waals surface area contributed by atoms with Gasteiger partial charge in [-0.05, 0) is 49.7 Å². The molecule has 2 fully saturated rings. The maximum Gasteiger partial charge on any atom is 0.0305 e. The Morgan fingerprint density at radius 2 is 2.06 bits per heavy atom. The number of fused-ring (bicyclic) bond motifs is 2. The smallest absolute Gasteiger partial charge is 0.0305 e. The SMILES string of the molecule is C[C@H](NC1CC2CCC1C2)c1ccccc1Br. The highest BCUT2D eigenvalue weighted by Crippen LogP contribution is 2.45. The normalized spacial score (nSPS) is 32.9. The number of halogens is 1. The van der Waals surface area contributed by atoms with Gasteiger partial charge in [-0.25, -0.2) is 0 Å². The summed E-state index contributed by atoms with van der Waals surface area (Å²) in [5.74, 6) is 1.97. The van der Waals surface area contributed by atoms with Crippen LogP contribution in [0.15, 0.2) is 28.7 Å². The Labute approximate surface area is 112 Å². The van der Waals surface area contributed by atoms with Gasteiger partial charge in [0.25, 0.3) is 0 Å². The van der Waals surface area contributed by atoms with Gasteiger partial charge in [-0.15, -0.1) is 0 Å². The van der Waals surface area contributed by atoms with E-state index in [9.17, 15) is 0 Å². The summed E-state index contributed by atoms with van der Waals surface area (Å²) in [5, 5.41) is 3.84. The summed E-state index contributed by atoms with van der Waals surface area (Å²) < 4.78 is 1.23. The highest BCUT2D eigenvalue weighted by atomic mass is 79.9. The fourth-order valence-electron chi connectivity index (χ4n) is 3.69. The van der Waals surface area contributed by atoms with E-state index in [1.165, 1.54) is 35.7 Å². The number of nitrogens with one attached hydrogen (secondary N) is 1. The molecule has 0 aliphatic heterocycles. The van der Waals surface area contributed by atoms with Crippen LogP contribution in [0.1, 0.15) is 44.2 Å². The lowest BCUT2D eigenvalue weighted by Gasteiger charge is -2.27. The van der Waals surface area contributed by atoms with Gasteiger partial charge in [0.15, 0.2) is 0 Å². The van der Waals surface area contributed by atoms with Gasteiger partial charge < -0.3 is 5.32 Å². The number of rotatable bonds is 3. The van der Waals surface area contributed by atoms with Gasteiger partial charge in [0.1, 0.15) is 0 Å². The first-order valence-electron chi connectivity index (χ1n) is 6.74. The summed E-state index contributed by atoms with van der Waals surface area (Å²) in [6, 6.07) is 9.77.